The first-order valence-corrected chi connectivity index (χ1v) is 7.00. The van der Waals surface area contributed by atoms with Gasteiger partial charge in [0.05, 0.1) is 26.4 Å². The molecule has 0 aromatic heterocycles. The lowest BCUT2D eigenvalue weighted by atomic mass is 9.73. The van der Waals surface area contributed by atoms with Gasteiger partial charge in [0.25, 0.3) is 0 Å². The SMILES string of the molecule is COc1cc2c(cc1OC)[C@@H]1CC[C@@H](O)[C@@H](O)[C@@H]1NC2.Cl. The van der Waals surface area contributed by atoms with Crippen molar-refractivity contribution in [2.75, 3.05) is 14.2 Å². The highest BCUT2D eigenvalue weighted by Gasteiger charge is 2.41. The summed E-state index contributed by atoms with van der Waals surface area (Å²) in [5.74, 6) is 1.65. The molecule has 118 valence electrons. The summed E-state index contributed by atoms with van der Waals surface area (Å²) in [6.45, 7) is 0.667. The number of nitrogens with one attached hydrogen (secondary N) is 1. The molecule has 0 bridgehead atoms. The second-order valence-electron chi connectivity index (χ2n) is 5.55. The van der Waals surface area contributed by atoms with E-state index in [4.69, 9.17) is 9.47 Å². The molecule has 0 unspecified atom stereocenters. The molecule has 6 heteroatoms. The Morgan fingerprint density at radius 3 is 2.43 bits per heavy atom. The van der Waals surface area contributed by atoms with Crippen LogP contribution in [0.5, 0.6) is 11.5 Å². The molecule has 1 fully saturated rings. The Morgan fingerprint density at radius 2 is 1.76 bits per heavy atom. The van der Waals surface area contributed by atoms with E-state index in [9.17, 15) is 10.2 Å². The zero-order valence-corrected chi connectivity index (χ0v) is 13.0. The van der Waals surface area contributed by atoms with Crippen molar-refractivity contribution in [3.8, 4) is 11.5 Å². The molecule has 0 spiro atoms. The standard InChI is InChI=1S/C15H21NO4.ClH/c1-19-12-5-8-7-16-14-9(3-4-11(17)15(14)18)10(8)6-13(12)20-2;/h5-6,9,11,14-18H,3-4,7H2,1-2H3;1H/t9-,11+,14+,15+;/m0./s1. The molecule has 1 aromatic carbocycles. The number of hydrogen-bond donors (Lipinski definition) is 3. The Balaban J connectivity index is 0.00000161. The third-order valence-corrected chi connectivity index (χ3v) is 4.54. The molecule has 1 saturated carbocycles. The van der Waals surface area contributed by atoms with E-state index in [1.807, 2.05) is 12.1 Å². The lowest BCUT2D eigenvalue weighted by molar-refractivity contribution is -0.0395. The van der Waals surface area contributed by atoms with Gasteiger partial charge in [-0.15, -0.1) is 12.4 Å². The molecule has 4 atom stereocenters. The summed E-state index contributed by atoms with van der Waals surface area (Å²) in [4.78, 5) is 0. The quantitative estimate of drug-likeness (QED) is 0.765. The lowest BCUT2D eigenvalue weighted by Gasteiger charge is -2.43. The van der Waals surface area contributed by atoms with Crippen molar-refractivity contribution in [2.24, 2.45) is 0 Å². The number of rotatable bonds is 2. The van der Waals surface area contributed by atoms with E-state index in [0.717, 1.165) is 12.2 Å². The third kappa shape index (κ3) is 2.71. The second-order valence-corrected chi connectivity index (χ2v) is 5.55. The summed E-state index contributed by atoms with van der Waals surface area (Å²) < 4.78 is 10.7. The predicted octanol–water partition coefficient (Wildman–Crippen LogP) is 1.20. The van der Waals surface area contributed by atoms with Gasteiger partial charge in [0.15, 0.2) is 11.5 Å². The Morgan fingerprint density at radius 1 is 1.10 bits per heavy atom. The number of methoxy groups -OCH3 is 2. The Kier molecular flexibility index (Phi) is 4.99. The molecule has 2 aliphatic rings. The van der Waals surface area contributed by atoms with Crippen molar-refractivity contribution in [1.82, 2.24) is 5.32 Å². The summed E-state index contributed by atoms with van der Waals surface area (Å²) in [5, 5.41) is 23.3. The molecular formula is C15H22ClNO4. The predicted molar refractivity (Wildman–Crippen MR) is 81.4 cm³/mol. The van der Waals surface area contributed by atoms with Crippen LogP contribution < -0.4 is 14.8 Å². The van der Waals surface area contributed by atoms with Crippen molar-refractivity contribution in [3.05, 3.63) is 23.3 Å². The van der Waals surface area contributed by atoms with Gasteiger partial charge in [-0.1, -0.05) is 0 Å². The van der Waals surface area contributed by atoms with Crippen molar-refractivity contribution < 1.29 is 19.7 Å². The number of hydrogen-bond acceptors (Lipinski definition) is 5. The molecule has 0 saturated heterocycles. The second kappa shape index (κ2) is 6.40. The number of benzene rings is 1. The first kappa shape index (κ1) is 16.4. The van der Waals surface area contributed by atoms with E-state index < -0.39 is 12.2 Å². The normalized spacial score (nSPS) is 30.7. The Labute approximate surface area is 130 Å². The fraction of sp³-hybridized carbons (Fsp3) is 0.600. The molecule has 0 radical (unpaired) electrons. The van der Waals surface area contributed by atoms with Gasteiger partial charge in [0.2, 0.25) is 0 Å². The molecule has 1 aliphatic carbocycles. The molecule has 21 heavy (non-hydrogen) atoms. The number of fused-ring (bicyclic) bond motifs is 3. The fourth-order valence-corrected chi connectivity index (χ4v) is 3.45. The van der Waals surface area contributed by atoms with Crippen molar-refractivity contribution in [2.45, 2.75) is 43.6 Å². The van der Waals surface area contributed by atoms with Crippen LogP contribution in [0.1, 0.15) is 29.9 Å². The molecule has 1 heterocycles. The zero-order chi connectivity index (χ0) is 14.3. The minimum atomic E-state index is -0.713. The molecule has 1 aliphatic heterocycles. The van der Waals surface area contributed by atoms with Crippen molar-refractivity contribution in [1.29, 1.82) is 0 Å². The van der Waals surface area contributed by atoms with Gasteiger partial charge in [0, 0.05) is 18.5 Å². The minimum absolute atomic E-state index is 0. The van der Waals surface area contributed by atoms with Crippen LogP contribution in [0.15, 0.2) is 12.1 Å². The Hall–Kier alpha value is -1.01. The van der Waals surface area contributed by atoms with E-state index >= 15 is 0 Å². The minimum Gasteiger partial charge on any atom is -0.493 e. The summed E-state index contributed by atoms with van der Waals surface area (Å²) >= 11 is 0. The first-order chi connectivity index (χ1) is 9.65. The van der Waals surface area contributed by atoms with Crippen LogP contribution in [0.2, 0.25) is 0 Å². The third-order valence-electron chi connectivity index (χ3n) is 4.54. The monoisotopic (exact) mass is 315 g/mol. The van der Waals surface area contributed by atoms with E-state index in [1.54, 1.807) is 14.2 Å². The largest absolute Gasteiger partial charge is 0.493 e. The van der Waals surface area contributed by atoms with Gasteiger partial charge in [0.1, 0.15) is 0 Å². The maximum Gasteiger partial charge on any atom is 0.161 e. The maximum atomic E-state index is 10.2. The van der Waals surface area contributed by atoms with Gasteiger partial charge < -0.3 is 25.0 Å². The smallest absolute Gasteiger partial charge is 0.161 e. The molecular weight excluding hydrogens is 294 g/mol. The number of aliphatic hydroxyl groups excluding tert-OH is 2. The summed E-state index contributed by atoms with van der Waals surface area (Å²) in [6, 6.07) is 3.91. The number of halogens is 1. The Bertz CT molecular complexity index is 511. The first-order valence-electron chi connectivity index (χ1n) is 7.00. The highest BCUT2D eigenvalue weighted by molar-refractivity contribution is 5.85. The van der Waals surface area contributed by atoms with Gasteiger partial charge in [-0.05, 0) is 36.1 Å². The highest BCUT2D eigenvalue weighted by atomic mass is 35.5. The topological polar surface area (TPSA) is 71.0 Å². The molecule has 5 nitrogen and oxygen atoms in total. The van der Waals surface area contributed by atoms with Gasteiger partial charge in [-0.3, -0.25) is 0 Å². The molecule has 3 N–H and O–H groups in total. The molecule has 3 rings (SSSR count). The van der Waals surface area contributed by atoms with Crippen molar-refractivity contribution in [3.63, 3.8) is 0 Å². The van der Waals surface area contributed by atoms with Gasteiger partial charge >= 0.3 is 0 Å². The maximum absolute atomic E-state index is 10.2. The van der Waals surface area contributed by atoms with Crippen LogP contribution >= 0.6 is 12.4 Å². The van der Waals surface area contributed by atoms with Crippen LogP contribution in [-0.2, 0) is 6.54 Å². The summed E-state index contributed by atoms with van der Waals surface area (Å²) in [5.41, 5.74) is 2.37. The van der Waals surface area contributed by atoms with Gasteiger partial charge in [-0.25, -0.2) is 0 Å². The summed E-state index contributed by atoms with van der Waals surface area (Å²) in [7, 11) is 3.26. The average Bonchev–Trinajstić information content (AvgIpc) is 2.49. The lowest BCUT2D eigenvalue weighted by Crippen LogP contribution is -2.54. The van der Waals surface area contributed by atoms with E-state index in [0.29, 0.717) is 18.7 Å². The number of aliphatic hydroxyl groups is 2. The van der Waals surface area contributed by atoms with E-state index in [-0.39, 0.29) is 24.4 Å². The van der Waals surface area contributed by atoms with Gasteiger partial charge in [-0.2, -0.15) is 0 Å². The summed E-state index contributed by atoms with van der Waals surface area (Å²) in [6.07, 6.45) is 0.136. The van der Waals surface area contributed by atoms with Crippen LogP contribution in [0, 0.1) is 0 Å². The zero-order valence-electron chi connectivity index (χ0n) is 12.2. The molecule has 0 amide bonds. The van der Waals surface area contributed by atoms with Crippen LogP contribution in [0.4, 0.5) is 0 Å². The highest BCUT2D eigenvalue weighted by Crippen LogP contribution is 2.42. The fourth-order valence-electron chi connectivity index (χ4n) is 3.45. The molecule has 1 aromatic rings. The van der Waals surface area contributed by atoms with E-state index in [2.05, 4.69) is 5.32 Å². The van der Waals surface area contributed by atoms with Crippen LogP contribution in [-0.4, -0.2) is 42.7 Å². The van der Waals surface area contributed by atoms with Crippen molar-refractivity contribution >= 4 is 12.4 Å². The van der Waals surface area contributed by atoms with E-state index in [1.165, 1.54) is 11.1 Å². The number of ether oxygens (including phenoxy) is 2. The van der Waals surface area contributed by atoms with Crippen LogP contribution in [0.25, 0.3) is 0 Å². The average molecular weight is 316 g/mol. The van der Waals surface area contributed by atoms with Crippen LogP contribution in [0.3, 0.4) is 0 Å².